The Bertz CT molecular complexity index is 519. The molecule has 3 nitrogen and oxygen atoms in total. The van der Waals surface area contributed by atoms with Gasteiger partial charge in [-0.05, 0) is 18.0 Å². The predicted octanol–water partition coefficient (Wildman–Crippen LogP) is 3.98. The number of carbonyl (C=O) groups excluding carboxylic acids is 1. The van der Waals surface area contributed by atoms with Gasteiger partial charge in [-0.2, -0.15) is 0 Å². The average Bonchev–Trinajstić information content (AvgIpc) is 2.73. The molecule has 0 N–H and O–H groups in total. The highest BCUT2D eigenvalue weighted by atomic mass is 35.5. The van der Waals surface area contributed by atoms with Gasteiger partial charge in [0.25, 0.3) is 5.89 Å². The number of carbonyl (C=O) groups is 1. The Kier molecular flexibility index (Phi) is 3.59. The molecule has 2 rings (SSSR count). The molecule has 0 fully saturated rings. The summed E-state index contributed by atoms with van der Waals surface area (Å²) in [6.07, 6.45) is 1.19. The maximum Gasteiger partial charge on any atom is 0.265 e. The molecule has 0 saturated heterocycles. The molecule has 0 amide bonds. The molecule has 17 heavy (non-hydrogen) atoms. The van der Waals surface area contributed by atoms with Gasteiger partial charge in [-0.15, -0.1) is 0 Å². The molecule has 0 saturated carbocycles. The van der Waals surface area contributed by atoms with Gasteiger partial charge in [-0.25, -0.2) is 4.98 Å². The summed E-state index contributed by atoms with van der Waals surface area (Å²) in [5.74, 6) is -0.0210. The molecular formula is C13H12ClNO2. The number of halogens is 1. The SMILES string of the molecule is CCCC(=O)c1nc(-c2ccccc2)c(Cl)o1. The first kappa shape index (κ1) is 11.9. The second kappa shape index (κ2) is 5.15. The zero-order valence-electron chi connectivity index (χ0n) is 9.44. The smallest absolute Gasteiger partial charge is 0.265 e. The Balaban J connectivity index is 2.35. The molecule has 0 atom stereocenters. The van der Waals surface area contributed by atoms with Crippen LogP contribution in [-0.2, 0) is 0 Å². The monoisotopic (exact) mass is 249 g/mol. The van der Waals surface area contributed by atoms with Gasteiger partial charge in [0.2, 0.25) is 11.0 Å². The molecule has 0 unspecified atom stereocenters. The van der Waals surface area contributed by atoms with E-state index in [1.807, 2.05) is 37.3 Å². The first-order valence-electron chi connectivity index (χ1n) is 5.47. The van der Waals surface area contributed by atoms with Gasteiger partial charge in [0.05, 0.1) is 0 Å². The van der Waals surface area contributed by atoms with Crippen molar-refractivity contribution in [1.29, 1.82) is 0 Å². The zero-order chi connectivity index (χ0) is 12.3. The number of aromatic nitrogens is 1. The summed E-state index contributed by atoms with van der Waals surface area (Å²) >= 11 is 5.94. The number of nitrogens with zero attached hydrogens (tertiary/aromatic N) is 1. The molecule has 4 heteroatoms. The Hall–Kier alpha value is -1.61. The molecule has 0 spiro atoms. The van der Waals surface area contributed by atoms with Crippen molar-refractivity contribution in [2.24, 2.45) is 0 Å². The number of benzene rings is 1. The van der Waals surface area contributed by atoms with Crippen molar-refractivity contribution < 1.29 is 9.21 Å². The second-order valence-electron chi connectivity index (χ2n) is 3.68. The summed E-state index contributed by atoms with van der Waals surface area (Å²) in [6.45, 7) is 1.93. The first-order chi connectivity index (χ1) is 8.22. The van der Waals surface area contributed by atoms with Crippen LogP contribution in [0, 0.1) is 0 Å². The summed E-state index contributed by atoms with van der Waals surface area (Å²) in [5.41, 5.74) is 1.36. The molecule has 88 valence electrons. The molecule has 0 aliphatic carbocycles. The molecule has 0 bridgehead atoms. The summed E-state index contributed by atoms with van der Waals surface area (Å²) in [7, 11) is 0. The normalized spacial score (nSPS) is 10.5. The molecule has 1 heterocycles. The van der Waals surface area contributed by atoms with Crippen LogP contribution in [0.2, 0.25) is 5.22 Å². The predicted molar refractivity (Wildman–Crippen MR) is 66.2 cm³/mol. The van der Waals surface area contributed by atoms with E-state index < -0.39 is 0 Å². The van der Waals surface area contributed by atoms with Gasteiger partial charge in [-0.1, -0.05) is 37.3 Å². The molecule has 0 aliphatic heterocycles. The molecule has 1 aromatic heterocycles. The largest absolute Gasteiger partial charge is 0.421 e. The van der Waals surface area contributed by atoms with E-state index in [9.17, 15) is 4.79 Å². The van der Waals surface area contributed by atoms with Crippen LogP contribution in [0.25, 0.3) is 11.3 Å². The molecular weight excluding hydrogens is 238 g/mol. The number of hydrogen-bond donors (Lipinski definition) is 0. The van der Waals surface area contributed by atoms with Crippen molar-refractivity contribution >= 4 is 17.4 Å². The Labute approximate surface area is 104 Å². The van der Waals surface area contributed by atoms with Gasteiger partial charge >= 0.3 is 0 Å². The van der Waals surface area contributed by atoms with E-state index in [0.717, 1.165) is 12.0 Å². The van der Waals surface area contributed by atoms with Crippen molar-refractivity contribution in [3.8, 4) is 11.3 Å². The highest BCUT2D eigenvalue weighted by Crippen LogP contribution is 2.28. The number of ketones is 1. The van der Waals surface area contributed by atoms with Crippen LogP contribution < -0.4 is 0 Å². The fourth-order valence-corrected chi connectivity index (χ4v) is 1.75. The minimum absolute atomic E-state index is 0.0932. The zero-order valence-corrected chi connectivity index (χ0v) is 10.2. The standard InChI is InChI=1S/C13H12ClNO2/c1-2-6-10(16)13-15-11(12(14)17-13)9-7-4-3-5-8-9/h3-5,7-8H,2,6H2,1H3. The van der Waals surface area contributed by atoms with Gasteiger partial charge in [0, 0.05) is 12.0 Å². The van der Waals surface area contributed by atoms with Crippen LogP contribution in [-0.4, -0.2) is 10.8 Å². The third kappa shape index (κ3) is 2.56. The maximum absolute atomic E-state index is 11.6. The lowest BCUT2D eigenvalue weighted by Gasteiger charge is -1.93. The molecule has 2 aromatic rings. The van der Waals surface area contributed by atoms with E-state index in [1.165, 1.54) is 0 Å². The van der Waals surface area contributed by atoms with E-state index in [4.69, 9.17) is 16.0 Å². The summed E-state index contributed by atoms with van der Waals surface area (Å²) in [6, 6.07) is 9.41. The first-order valence-corrected chi connectivity index (χ1v) is 5.85. The third-order valence-electron chi connectivity index (χ3n) is 2.35. The summed E-state index contributed by atoms with van der Waals surface area (Å²) in [5, 5.41) is 0.163. The Morgan fingerprint density at radius 3 is 2.71 bits per heavy atom. The molecule has 0 radical (unpaired) electrons. The number of hydrogen-bond acceptors (Lipinski definition) is 3. The van der Waals surface area contributed by atoms with Crippen LogP contribution in [0.5, 0.6) is 0 Å². The highest BCUT2D eigenvalue weighted by Gasteiger charge is 2.17. The Morgan fingerprint density at radius 1 is 1.35 bits per heavy atom. The average molecular weight is 250 g/mol. The minimum Gasteiger partial charge on any atom is -0.421 e. The van der Waals surface area contributed by atoms with Crippen LogP contribution in [0.15, 0.2) is 34.7 Å². The maximum atomic E-state index is 11.6. The molecule has 0 aliphatic rings. The quantitative estimate of drug-likeness (QED) is 0.770. The van der Waals surface area contributed by atoms with Gasteiger partial charge in [0.15, 0.2) is 0 Å². The highest BCUT2D eigenvalue weighted by molar-refractivity contribution is 6.31. The minimum atomic E-state index is -0.114. The van der Waals surface area contributed by atoms with Crippen LogP contribution in [0.3, 0.4) is 0 Å². The van der Waals surface area contributed by atoms with Crippen molar-refractivity contribution in [3.05, 3.63) is 41.4 Å². The topological polar surface area (TPSA) is 43.1 Å². The summed E-state index contributed by atoms with van der Waals surface area (Å²) in [4.78, 5) is 15.8. The van der Waals surface area contributed by atoms with Gasteiger partial charge in [-0.3, -0.25) is 4.79 Å². The lowest BCUT2D eigenvalue weighted by atomic mass is 10.2. The van der Waals surface area contributed by atoms with Gasteiger partial charge in [0.1, 0.15) is 5.69 Å². The number of oxazole rings is 1. The van der Waals surface area contributed by atoms with Crippen LogP contribution in [0.1, 0.15) is 30.5 Å². The van der Waals surface area contributed by atoms with E-state index >= 15 is 0 Å². The fraction of sp³-hybridized carbons (Fsp3) is 0.231. The van der Waals surface area contributed by atoms with Gasteiger partial charge < -0.3 is 4.42 Å². The third-order valence-corrected chi connectivity index (χ3v) is 2.60. The second-order valence-corrected chi connectivity index (χ2v) is 4.02. The van der Waals surface area contributed by atoms with Crippen LogP contribution >= 0.6 is 11.6 Å². The van der Waals surface area contributed by atoms with Crippen molar-refractivity contribution in [2.75, 3.05) is 0 Å². The van der Waals surface area contributed by atoms with E-state index in [2.05, 4.69) is 4.98 Å². The number of Topliss-reactive ketones (excluding diaryl/α,β-unsaturated/α-hetero) is 1. The van der Waals surface area contributed by atoms with Crippen molar-refractivity contribution in [3.63, 3.8) is 0 Å². The van der Waals surface area contributed by atoms with E-state index in [1.54, 1.807) is 0 Å². The summed E-state index contributed by atoms with van der Waals surface area (Å²) < 4.78 is 5.19. The van der Waals surface area contributed by atoms with Crippen molar-refractivity contribution in [1.82, 2.24) is 4.98 Å². The Morgan fingerprint density at radius 2 is 2.06 bits per heavy atom. The lowest BCUT2D eigenvalue weighted by Crippen LogP contribution is -1.97. The lowest BCUT2D eigenvalue weighted by molar-refractivity contribution is 0.0948. The number of rotatable bonds is 4. The van der Waals surface area contributed by atoms with E-state index in [0.29, 0.717) is 12.1 Å². The fourth-order valence-electron chi connectivity index (χ4n) is 1.53. The van der Waals surface area contributed by atoms with Crippen LogP contribution in [0.4, 0.5) is 0 Å². The van der Waals surface area contributed by atoms with Crippen molar-refractivity contribution in [2.45, 2.75) is 19.8 Å². The van der Waals surface area contributed by atoms with E-state index in [-0.39, 0.29) is 16.9 Å². The molecule has 1 aromatic carbocycles.